The average Bonchev–Trinajstić information content (AvgIpc) is 2.83. The zero-order valence-electron chi connectivity index (χ0n) is 13.0. The first-order valence-electron chi connectivity index (χ1n) is 7.16. The van der Waals surface area contributed by atoms with Gasteiger partial charge < -0.3 is 20.3 Å². The second-order valence-corrected chi connectivity index (χ2v) is 6.45. The van der Waals surface area contributed by atoms with E-state index in [0.29, 0.717) is 24.6 Å². The topological polar surface area (TPSA) is 79.7 Å². The molecule has 1 saturated heterocycles. The van der Waals surface area contributed by atoms with Crippen LogP contribution in [-0.4, -0.2) is 67.8 Å². The summed E-state index contributed by atoms with van der Waals surface area (Å²) >= 11 is 1.82. The highest BCUT2D eigenvalue weighted by Crippen LogP contribution is 2.23. The van der Waals surface area contributed by atoms with Crippen molar-refractivity contribution in [3.63, 3.8) is 0 Å². The SMILES string of the molecule is CN/C(=C\[N+](=O)[O-])NCCSC[C@H]1CC[C@@H](CN(C)C)O1. The number of hydrogen-bond acceptors (Lipinski definition) is 7. The molecule has 0 aliphatic carbocycles. The van der Waals surface area contributed by atoms with Crippen molar-refractivity contribution in [1.29, 1.82) is 0 Å². The lowest BCUT2D eigenvalue weighted by Crippen LogP contribution is -2.27. The Balaban J connectivity index is 2.08. The fourth-order valence-corrected chi connectivity index (χ4v) is 3.14. The molecule has 0 spiro atoms. The van der Waals surface area contributed by atoms with Gasteiger partial charge in [-0.3, -0.25) is 10.1 Å². The molecule has 2 atom stereocenters. The Morgan fingerprint density at radius 2 is 2.19 bits per heavy atom. The predicted molar refractivity (Wildman–Crippen MR) is 85.9 cm³/mol. The highest BCUT2D eigenvalue weighted by molar-refractivity contribution is 7.99. The van der Waals surface area contributed by atoms with E-state index in [9.17, 15) is 10.1 Å². The summed E-state index contributed by atoms with van der Waals surface area (Å²) in [5.74, 6) is 2.32. The molecule has 0 aromatic carbocycles. The van der Waals surface area contributed by atoms with Crippen molar-refractivity contribution in [1.82, 2.24) is 15.5 Å². The quantitative estimate of drug-likeness (QED) is 0.349. The van der Waals surface area contributed by atoms with E-state index in [0.717, 1.165) is 37.1 Å². The standard InChI is InChI=1S/C13H26N4O3S/c1-14-13(9-17(18)19)15-6-7-21-10-12-5-4-11(20-12)8-16(2)3/h9,11-12,14-15H,4-8,10H2,1-3H3/b13-9+/t11-,12+/m0/s1. The van der Waals surface area contributed by atoms with Gasteiger partial charge in [-0.15, -0.1) is 0 Å². The number of thioether (sulfide) groups is 1. The zero-order valence-corrected chi connectivity index (χ0v) is 13.8. The Labute approximate surface area is 130 Å². The Kier molecular flexibility index (Phi) is 8.48. The van der Waals surface area contributed by atoms with Gasteiger partial charge >= 0.3 is 0 Å². The molecule has 122 valence electrons. The average molecular weight is 318 g/mol. The van der Waals surface area contributed by atoms with Crippen LogP contribution in [0.1, 0.15) is 12.8 Å². The third kappa shape index (κ3) is 8.13. The Bertz CT molecular complexity index is 352. The lowest BCUT2D eigenvalue weighted by atomic mass is 10.2. The minimum atomic E-state index is -0.469. The zero-order chi connectivity index (χ0) is 15.7. The first kappa shape index (κ1) is 18.1. The van der Waals surface area contributed by atoms with Crippen LogP contribution < -0.4 is 10.6 Å². The third-order valence-electron chi connectivity index (χ3n) is 3.13. The molecule has 0 aromatic heterocycles. The minimum absolute atomic E-state index is 0.345. The van der Waals surface area contributed by atoms with Crippen LogP contribution in [0, 0.1) is 10.1 Å². The van der Waals surface area contributed by atoms with Crippen molar-refractivity contribution in [3.05, 3.63) is 22.1 Å². The van der Waals surface area contributed by atoms with Crippen molar-refractivity contribution >= 4 is 11.8 Å². The molecule has 0 saturated carbocycles. The smallest absolute Gasteiger partial charge is 0.274 e. The van der Waals surface area contributed by atoms with Gasteiger partial charge in [0.25, 0.3) is 6.20 Å². The van der Waals surface area contributed by atoms with Gasteiger partial charge in [0.2, 0.25) is 0 Å². The number of ether oxygens (including phenoxy) is 1. The second-order valence-electron chi connectivity index (χ2n) is 5.30. The van der Waals surface area contributed by atoms with Crippen LogP contribution in [0.15, 0.2) is 12.0 Å². The van der Waals surface area contributed by atoms with E-state index in [1.807, 2.05) is 11.8 Å². The summed E-state index contributed by atoms with van der Waals surface area (Å²) in [4.78, 5) is 12.1. The van der Waals surface area contributed by atoms with Crippen molar-refractivity contribution in [2.24, 2.45) is 0 Å². The van der Waals surface area contributed by atoms with E-state index in [2.05, 4.69) is 29.6 Å². The first-order chi connectivity index (χ1) is 10.0. The monoisotopic (exact) mass is 318 g/mol. The molecule has 1 fully saturated rings. The Morgan fingerprint density at radius 3 is 2.81 bits per heavy atom. The molecule has 2 N–H and O–H groups in total. The van der Waals surface area contributed by atoms with Crippen molar-refractivity contribution < 1.29 is 9.66 Å². The number of nitro groups is 1. The maximum Gasteiger partial charge on any atom is 0.274 e. The van der Waals surface area contributed by atoms with Crippen LogP contribution >= 0.6 is 11.8 Å². The van der Waals surface area contributed by atoms with E-state index in [-0.39, 0.29) is 0 Å². The summed E-state index contributed by atoms with van der Waals surface area (Å²) in [6.45, 7) is 1.68. The van der Waals surface area contributed by atoms with Crippen LogP contribution in [0.5, 0.6) is 0 Å². The molecule has 21 heavy (non-hydrogen) atoms. The Hall–Kier alpha value is -0.990. The molecule has 7 nitrogen and oxygen atoms in total. The van der Waals surface area contributed by atoms with Gasteiger partial charge in [0, 0.05) is 31.6 Å². The highest BCUT2D eigenvalue weighted by atomic mass is 32.2. The minimum Gasteiger partial charge on any atom is -0.373 e. The number of rotatable bonds is 10. The molecule has 0 aromatic rings. The fraction of sp³-hybridized carbons (Fsp3) is 0.846. The molecule has 1 heterocycles. The maximum absolute atomic E-state index is 10.4. The Morgan fingerprint density at radius 1 is 1.48 bits per heavy atom. The fourth-order valence-electron chi connectivity index (χ4n) is 2.22. The molecule has 1 aliphatic rings. The molecular weight excluding hydrogens is 292 g/mol. The lowest BCUT2D eigenvalue weighted by Gasteiger charge is -2.17. The summed E-state index contributed by atoms with van der Waals surface area (Å²) in [6, 6.07) is 0. The van der Waals surface area contributed by atoms with E-state index in [1.165, 1.54) is 0 Å². The van der Waals surface area contributed by atoms with Gasteiger partial charge in [-0.2, -0.15) is 11.8 Å². The summed E-state index contributed by atoms with van der Waals surface area (Å²) < 4.78 is 5.98. The third-order valence-corrected chi connectivity index (χ3v) is 4.23. The number of hydrogen-bond donors (Lipinski definition) is 2. The van der Waals surface area contributed by atoms with Gasteiger partial charge in [0.1, 0.15) is 0 Å². The van der Waals surface area contributed by atoms with E-state index >= 15 is 0 Å². The van der Waals surface area contributed by atoms with E-state index < -0.39 is 4.92 Å². The molecular formula is C13H26N4O3S. The van der Waals surface area contributed by atoms with Crippen LogP contribution in [0.25, 0.3) is 0 Å². The number of likely N-dealkylation sites (N-methyl/N-ethyl adjacent to an activating group) is 1. The number of nitrogens with one attached hydrogen (secondary N) is 2. The lowest BCUT2D eigenvalue weighted by molar-refractivity contribution is -0.404. The van der Waals surface area contributed by atoms with Gasteiger partial charge in [0.05, 0.1) is 17.1 Å². The number of nitrogens with zero attached hydrogens (tertiary/aromatic N) is 2. The summed E-state index contributed by atoms with van der Waals surface area (Å²) in [6.07, 6.45) is 3.91. The summed E-state index contributed by atoms with van der Waals surface area (Å²) in [7, 11) is 5.79. The van der Waals surface area contributed by atoms with Gasteiger partial charge in [-0.25, -0.2) is 0 Å². The summed E-state index contributed by atoms with van der Waals surface area (Å²) in [5.41, 5.74) is 0. The summed E-state index contributed by atoms with van der Waals surface area (Å²) in [5, 5.41) is 16.1. The van der Waals surface area contributed by atoms with Crippen LogP contribution in [0.4, 0.5) is 0 Å². The van der Waals surface area contributed by atoms with Gasteiger partial charge in [-0.1, -0.05) is 0 Å². The van der Waals surface area contributed by atoms with Crippen molar-refractivity contribution in [2.75, 3.05) is 45.7 Å². The van der Waals surface area contributed by atoms with Crippen LogP contribution in [-0.2, 0) is 4.74 Å². The van der Waals surface area contributed by atoms with E-state index in [1.54, 1.807) is 7.05 Å². The largest absolute Gasteiger partial charge is 0.373 e. The van der Waals surface area contributed by atoms with Crippen LogP contribution in [0.3, 0.4) is 0 Å². The van der Waals surface area contributed by atoms with Crippen molar-refractivity contribution in [3.8, 4) is 0 Å². The predicted octanol–water partition coefficient (Wildman–Crippen LogP) is 0.713. The normalized spacial score (nSPS) is 22.6. The maximum atomic E-state index is 10.4. The van der Waals surface area contributed by atoms with Crippen molar-refractivity contribution in [2.45, 2.75) is 25.0 Å². The molecule has 0 bridgehead atoms. The second kappa shape index (κ2) is 9.86. The molecule has 8 heteroatoms. The van der Waals surface area contributed by atoms with Gasteiger partial charge in [-0.05, 0) is 26.9 Å². The molecule has 1 rings (SSSR count). The highest BCUT2D eigenvalue weighted by Gasteiger charge is 2.25. The van der Waals surface area contributed by atoms with Gasteiger partial charge in [0.15, 0.2) is 5.82 Å². The first-order valence-corrected chi connectivity index (χ1v) is 8.31. The molecule has 0 unspecified atom stereocenters. The van der Waals surface area contributed by atoms with E-state index in [4.69, 9.17) is 4.74 Å². The molecule has 0 radical (unpaired) electrons. The van der Waals surface area contributed by atoms with Crippen LogP contribution in [0.2, 0.25) is 0 Å². The molecule has 1 aliphatic heterocycles. The molecule has 0 amide bonds.